The first-order valence-electron chi connectivity index (χ1n) is 6.01. The summed E-state index contributed by atoms with van der Waals surface area (Å²) in [6.45, 7) is 0.576. The molecule has 0 spiro atoms. The standard InChI is InChI=1S/C15H16ClFN2/c1-19(2)13-6-3-11(4-7-13)10-18-15-8-5-12(16)9-14(15)17/h3-9,18H,10H2,1-2H3. The van der Waals surface area contributed by atoms with E-state index in [1.165, 1.54) is 6.07 Å². The Morgan fingerprint density at radius 1 is 1.11 bits per heavy atom. The minimum Gasteiger partial charge on any atom is -0.379 e. The summed E-state index contributed by atoms with van der Waals surface area (Å²) in [7, 11) is 3.99. The summed E-state index contributed by atoms with van der Waals surface area (Å²) in [5, 5.41) is 3.46. The van der Waals surface area contributed by atoms with Crippen LogP contribution in [0.4, 0.5) is 15.8 Å². The van der Waals surface area contributed by atoms with Gasteiger partial charge in [0.05, 0.1) is 5.69 Å². The second-order valence-corrected chi connectivity index (χ2v) is 4.98. The quantitative estimate of drug-likeness (QED) is 0.903. The smallest absolute Gasteiger partial charge is 0.147 e. The molecule has 1 N–H and O–H groups in total. The van der Waals surface area contributed by atoms with Crippen LogP contribution in [-0.4, -0.2) is 14.1 Å². The van der Waals surface area contributed by atoms with Gasteiger partial charge in [-0.2, -0.15) is 0 Å². The maximum Gasteiger partial charge on any atom is 0.147 e. The van der Waals surface area contributed by atoms with E-state index in [0.29, 0.717) is 17.3 Å². The van der Waals surface area contributed by atoms with Gasteiger partial charge in [0.2, 0.25) is 0 Å². The molecule has 0 aliphatic rings. The van der Waals surface area contributed by atoms with Gasteiger partial charge in [-0.25, -0.2) is 4.39 Å². The molecule has 0 aliphatic carbocycles. The number of hydrogen-bond donors (Lipinski definition) is 1. The molecule has 0 heterocycles. The lowest BCUT2D eigenvalue weighted by Crippen LogP contribution is -2.08. The van der Waals surface area contributed by atoms with Gasteiger partial charge in [-0.3, -0.25) is 0 Å². The summed E-state index contributed by atoms with van der Waals surface area (Å²) in [6, 6.07) is 12.7. The number of benzene rings is 2. The van der Waals surface area contributed by atoms with Crippen LogP contribution in [-0.2, 0) is 6.54 Å². The molecule has 2 aromatic carbocycles. The molecular weight excluding hydrogens is 263 g/mol. The number of halogens is 2. The fourth-order valence-electron chi connectivity index (χ4n) is 1.74. The third-order valence-corrected chi connectivity index (χ3v) is 3.10. The van der Waals surface area contributed by atoms with Gasteiger partial charge in [-0.1, -0.05) is 23.7 Å². The first-order valence-corrected chi connectivity index (χ1v) is 6.39. The van der Waals surface area contributed by atoms with E-state index < -0.39 is 0 Å². The maximum absolute atomic E-state index is 13.6. The van der Waals surface area contributed by atoms with E-state index >= 15 is 0 Å². The molecule has 2 aromatic rings. The highest BCUT2D eigenvalue weighted by molar-refractivity contribution is 6.30. The zero-order valence-electron chi connectivity index (χ0n) is 11.0. The van der Waals surface area contributed by atoms with Gasteiger partial charge >= 0.3 is 0 Å². The van der Waals surface area contributed by atoms with Crippen LogP contribution < -0.4 is 10.2 Å². The van der Waals surface area contributed by atoms with E-state index in [4.69, 9.17) is 11.6 Å². The Bertz CT molecular complexity index is 553. The average molecular weight is 279 g/mol. The van der Waals surface area contributed by atoms with Crippen molar-refractivity contribution in [3.63, 3.8) is 0 Å². The minimum absolute atomic E-state index is 0.336. The van der Waals surface area contributed by atoms with Crippen LogP contribution in [0.2, 0.25) is 5.02 Å². The van der Waals surface area contributed by atoms with Gasteiger partial charge in [0, 0.05) is 31.4 Å². The third kappa shape index (κ3) is 3.61. The predicted molar refractivity (Wildman–Crippen MR) is 79.5 cm³/mol. The molecule has 0 aliphatic heterocycles. The Kier molecular flexibility index (Phi) is 4.27. The SMILES string of the molecule is CN(C)c1ccc(CNc2ccc(Cl)cc2F)cc1. The summed E-state index contributed by atoms with van der Waals surface area (Å²) in [4.78, 5) is 2.04. The summed E-state index contributed by atoms with van der Waals surface area (Å²) < 4.78 is 13.6. The molecule has 0 bridgehead atoms. The molecule has 2 rings (SSSR count). The zero-order valence-corrected chi connectivity index (χ0v) is 11.7. The third-order valence-electron chi connectivity index (χ3n) is 2.87. The van der Waals surface area contributed by atoms with E-state index in [-0.39, 0.29) is 5.82 Å². The highest BCUT2D eigenvalue weighted by atomic mass is 35.5. The van der Waals surface area contributed by atoms with Crippen LogP contribution in [0.5, 0.6) is 0 Å². The Balaban J connectivity index is 2.02. The van der Waals surface area contributed by atoms with Gasteiger partial charge in [-0.15, -0.1) is 0 Å². The lowest BCUT2D eigenvalue weighted by atomic mass is 10.2. The van der Waals surface area contributed by atoms with Crippen molar-refractivity contribution >= 4 is 23.0 Å². The van der Waals surface area contributed by atoms with Crippen molar-refractivity contribution in [1.82, 2.24) is 0 Å². The number of nitrogens with zero attached hydrogens (tertiary/aromatic N) is 1. The Labute approximate surface area is 117 Å². The topological polar surface area (TPSA) is 15.3 Å². The molecule has 19 heavy (non-hydrogen) atoms. The van der Waals surface area contributed by atoms with Gasteiger partial charge in [0.25, 0.3) is 0 Å². The molecule has 0 unspecified atom stereocenters. The van der Waals surface area contributed by atoms with Crippen molar-refractivity contribution < 1.29 is 4.39 Å². The number of rotatable bonds is 4. The zero-order chi connectivity index (χ0) is 13.8. The summed E-state index contributed by atoms with van der Waals surface area (Å²) in [5.41, 5.74) is 2.70. The Morgan fingerprint density at radius 3 is 2.37 bits per heavy atom. The van der Waals surface area contributed by atoms with Crippen molar-refractivity contribution in [1.29, 1.82) is 0 Å². The Hall–Kier alpha value is -1.74. The molecule has 0 radical (unpaired) electrons. The van der Waals surface area contributed by atoms with E-state index in [0.717, 1.165) is 11.3 Å². The molecule has 2 nitrogen and oxygen atoms in total. The van der Waals surface area contributed by atoms with Gasteiger partial charge < -0.3 is 10.2 Å². The van der Waals surface area contributed by atoms with Gasteiger partial charge in [0.1, 0.15) is 5.82 Å². The molecule has 0 saturated heterocycles. The van der Waals surface area contributed by atoms with Crippen LogP contribution in [0.3, 0.4) is 0 Å². The van der Waals surface area contributed by atoms with Crippen molar-refractivity contribution in [3.05, 3.63) is 58.9 Å². The molecule has 0 amide bonds. The number of nitrogens with one attached hydrogen (secondary N) is 1. The van der Waals surface area contributed by atoms with Gasteiger partial charge in [0.15, 0.2) is 0 Å². The van der Waals surface area contributed by atoms with Crippen LogP contribution in [0.1, 0.15) is 5.56 Å². The highest BCUT2D eigenvalue weighted by Gasteiger charge is 2.02. The summed E-state index contributed by atoms with van der Waals surface area (Å²) in [6.07, 6.45) is 0. The largest absolute Gasteiger partial charge is 0.379 e. The number of anilines is 2. The molecule has 0 saturated carbocycles. The first-order chi connectivity index (χ1) is 9.06. The van der Waals surface area contributed by atoms with Gasteiger partial charge in [-0.05, 0) is 35.9 Å². The Morgan fingerprint density at radius 2 is 1.79 bits per heavy atom. The van der Waals surface area contributed by atoms with E-state index in [1.807, 2.05) is 43.3 Å². The average Bonchev–Trinajstić information content (AvgIpc) is 2.38. The molecule has 100 valence electrons. The minimum atomic E-state index is -0.336. The second-order valence-electron chi connectivity index (χ2n) is 4.54. The van der Waals surface area contributed by atoms with Crippen LogP contribution >= 0.6 is 11.6 Å². The normalized spacial score (nSPS) is 10.3. The van der Waals surface area contributed by atoms with E-state index in [9.17, 15) is 4.39 Å². The lowest BCUT2D eigenvalue weighted by Gasteiger charge is -2.13. The molecular formula is C15H16ClFN2. The fraction of sp³-hybridized carbons (Fsp3) is 0.200. The first kappa shape index (κ1) is 13.7. The summed E-state index contributed by atoms with van der Waals surface area (Å²) in [5.74, 6) is -0.336. The van der Waals surface area contributed by atoms with Crippen molar-refractivity contribution in [3.8, 4) is 0 Å². The van der Waals surface area contributed by atoms with Crippen LogP contribution in [0, 0.1) is 5.82 Å². The van der Waals surface area contributed by atoms with E-state index in [2.05, 4.69) is 5.32 Å². The second kappa shape index (κ2) is 5.93. The van der Waals surface area contributed by atoms with Crippen molar-refractivity contribution in [2.45, 2.75) is 6.54 Å². The molecule has 0 aromatic heterocycles. The van der Waals surface area contributed by atoms with Crippen molar-refractivity contribution in [2.75, 3.05) is 24.3 Å². The van der Waals surface area contributed by atoms with Crippen LogP contribution in [0.25, 0.3) is 0 Å². The maximum atomic E-state index is 13.6. The monoisotopic (exact) mass is 278 g/mol. The fourth-order valence-corrected chi connectivity index (χ4v) is 1.90. The predicted octanol–water partition coefficient (Wildman–Crippen LogP) is 4.16. The molecule has 4 heteroatoms. The summed E-state index contributed by atoms with van der Waals surface area (Å²) >= 11 is 5.71. The van der Waals surface area contributed by atoms with E-state index in [1.54, 1.807) is 12.1 Å². The molecule has 0 fully saturated rings. The lowest BCUT2D eigenvalue weighted by molar-refractivity contribution is 0.630. The number of hydrogen-bond acceptors (Lipinski definition) is 2. The van der Waals surface area contributed by atoms with Crippen molar-refractivity contribution in [2.24, 2.45) is 0 Å². The van der Waals surface area contributed by atoms with Crippen LogP contribution in [0.15, 0.2) is 42.5 Å². The highest BCUT2D eigenvalue weighted by Crippen LogP contribution is 2.20. The molecule has 0 atom stereocenters.